The van der Waals surface area contributed by atoms with Crippen LogP contribution in [0.3, 0.4) is 0 Å². The molecule has 1 fully saturated rings. The van der Waals surface area contributed by atoms with E-state index in [1.165, 1.54) is 12.8 Å². The van der Waals surface area contributed by atoms with E-state index in [1.807, 2.05) is 6.07 Å². The van der Waals surface area contributed by atoms with Gasteiger partial charge < -0.3 is 4.90 Å². The maximum absolute atomic E-state index is 12.0. The van der Waals surface area contributed by atoms with Crippen molar-refractivity contribution in [2.24, 2.45) is 0 Å². The van der Waals surface area contributed by atoms with Gasteiger partial charge in [-0.1, -0.05) is 18.2 Å². The summed E-state index contributed by atoms with van der Waals surface area (Å²) in [7, 11) is -1.24. The Morgan fingerprint density at radius 3 is 2.67 bits per heavy atom. The van der Waals surface area contributed by atoms with E-state index in [9.17, 15) is 8.42 Å². The maximum Gasteiger partial charge on any atom is 0.240 e. The van der Waals surface area contributed by atoms with Crippen LogP contribution in [0.4, 0.5) is 0 Å². The monoisotopic (exact) mass is 268 g/mol. The van der Waals surface area contributed by atoms with Crippen molar-refractivity contribution < 1.29 is 8.42 Å². The van der Waals surface area contributed by atoms with Crippen LogP contribution in [0.15, 0.2) is 35.2 Å². The van der Waals surface area contributed by atoms with E-state index in [4.69, 9.17) is 0 Å². The minimum absolute atomic E-state index is 0.338. The topological polar surface area (TPSA) is 49.4 Å². The molecule has 1 aliphatic heterocycles. The first-order valence-corrected chi connectivity index (χ1v) is 7.83. The van der Waals surface area contributed by atoms with Gasteiger partial charge in [-0.15, -0.1) is 0 Å². The van der Waals surface area contributed by atoms with Gasteiger partial charge in [0.05, 0.1) is 4.90 Å². The number of hydrogen-bond donors (Lipinski definition) is 1. The number of nitrogens with zero attached hydrogens (tertiary/aromatic N) is 1. The van der Waals surface area contributed by atoms with E-state index in [2.05, 4.69) is 16.7 Å². The van der Waals surface area contributed by atoms with E-state index in [1.54, 1.807) is 24.3 Å². The lowest BCUT2D eigenvalue weighted by molar-refractivity contribution is 0.297. The largest absolute Gasteiger partial charge is 0.303 e. The Labute approximate surface area is 109 Å². The molecule has 0 amide bonds. The molecule has 1 saturated heterocycles. The van der Waals surface area contributed by atoms with E-state index in [-0.39, 0.29) is 0 Å². The van der Waals surface area contributed by atoms with Crippen LogP contribution in [0.2, 0.25) is 0 Å². The summed E-state index contributed by atoms with van der Waals surface area (Å²) in [6, 6.07) is 9.03. The molecule has 100 valence electrons. The van der Waals surface area contributed by atoms with Crippen molar-refractivity contribution in [2.75, 3.05) is 20.1 Å². The Hall–Kier alpha value is -0.910. The van der Waals surface area contributed by atoms with Crippen LogP contribution in [-0.2, 0) is 10.0 Å². The first-order chi connectivity index (χ1) is 8.59. The molecule has 0 aliphatic carbocycles. The van der Waals surface area contributed by atoms with Crippen LogP contribution in [0.25, 0.3) is 0 Å². The molecule has 1 aromatic rings. The van der Waals surface area contributed by atoms with Gasteiger partial charge in [0.2, 0.25) is 10.0 Å². The van der Waals surface area contributed by atoms with E-state index < -0.39 is 10.0 Å². The summed E-state index contributed by atoms with van der Waals surface area (Å²) in [6.07, 6.45) is 3.26. The Balaban J connectivity index is 1.86. The fourth-order valence-electron chi connectivity index (χ4n) is 2.39. The van der Waals surface area contributed by atoms with Crippen molar-refractivity contribution in [1.82, 2.24) is 9.62 Å². The van der Waals surface area contributed by atoms with Crippen LogP contribution in [-0.4, -0.2) is 39.5 Å². The normalized spacial score (nSPS) is 21.3. The molecule has 1 heterocycles. The molecular formula is C13H20N2O2S. The number of sulfonamides is 1. The molecule has 1 unspecified atom stereocenters. The quantitative estimate of drug-likeness (QED) is 0.879. The molecule has 1 N–H and O–H groups in total. The first kappa shape index (κ1) is 13.5. The summed E-state index contributed by atoms with van der Waals surface area (Å²) in [5, 5.41) is 0. The molecule has 1 aliphatic rings. The van der Waals surface area contributed by atoms with E-state index in [0.717, 1.165) is 13.0 Å². The standard InChI is InChI=1S/C13H20N2O2S/c1-15-11-5-6-12(15)9-10-14-18(16,17)13-7-3-2-4-8-13/h2-4,7-8,12,14H,5-6,9-11H2,1H3. The molecule has 0 aromatic heterocycles. The van der Waals surface area contributed by atoms with Crippen molar-refractivity contribution in [3.63, 3.8) is 0 Å². The zero-order valence-corrected chi connectivity index (χ0v) is 11.5. The van der Waals surface area contributed by atoms with Crippen LogP contribution in [0, 0.1) is 0 Å². The number of likely N-dealkylation sites (tertiary alicyclic amines) is 1. The number of hydrogen-bond acceptors (Lipinski definition) is 3. The molecule has 0 radical (unpaired) electrons. The summed E-state index contributed by atoms with van der Waals surface area (Å²) in [4.78, 5) is 2.64. The van der Waals surface area contributed by atoms with Gasteiger partial charge in [-0.25, -0.2) is 13.1 Å². The third-order valence-electron chi connectivity index (χ3n) is 3.49. The van der Waals surface area contributed by atoms with Crippen LogP contribution >= 0.6 is 0 Å². The van der Waals surface area contributed by atoms with Gasteiger partial charge in [-0.05, 0) is 45.0 Å². The fourth-order valence-corrected chi connectivity index (χ4v) is 3.46. The van der Waals surface area contributed by atoms with Gasteiger partial charge in [-0.2, -0.15) is 0 Å². The predicted molar refractivity (Wildman–Crippen MR) is 71.9 cm³/mol. The molecule has 0 saturated carbocycles. The predicted octanol–water partition coefficient (Wildman–Crippen LogP) is 1.45. The zero-order valence-electron chi connectivity index (χ0n) is 10.7. The second kappa shape index (κ2) is 5.82. The SMILES string of the molecule is CN1CCCC1CCNS(=O)(=O)c1ccccc1. The van der Waals surface area contributed by atoms with E-state index >= 15 is 0 Å². The lowest BCUT2D eigenvalue weighted by Gasteiger charge is -2.19. The first-order valence-electron chi connectivity index (χ1n) is 6.34. The molecule has 18 heavy (non-hydrogen) atoms. The Morgan fingerprint density at radius 1 is 1.33 bits per heavy atom. The number of benzene rings is 1. The van der Waals surface area contributed by atoms with Crippen LogP contribution in [0.5, 0.6) is 0 Å². The van der Waals surface area contributed by atoms with Crippen molar-refractivity contribution in [3.05, 3.63) is 30.3 Å². The minimum Gasteiger partial charge on any atom is -0.303 e. The van der Waals surface area contributed by atoms with E-state index in [0.29, 0.717) is 17.5 Å². The van der Waals surface area contributed by atoms with Gasteiger partial charge in [0.1, 0.15) is 0 Å². The second-order valence-corrected chi connectivity index (χ2v) is 6.54. The highest BCUT2D eigenvalue weighted by atomic mass is 32.2. The summed E-state index contributed by atoms with van der Waals surface area (Å²) in [5.41, 5.74) is 0. The average Bonchev–Trinajstić information content (AvgIpc) is 2.76. The molecule has 2 rings (SSSR count). The van der Waals surface area contributed by atoms with Crippen molar-refractivity contribution >= 4 is 10.0 Å². The molecule has 4 nitrogen and oxygen atoms in total. The number of nitrogens with one attached hydrogen (secondary N) is 1. The lowest BCUT2D eigenvalue weighted by atomic mass is 10.1. The maximum atomic E-state index is 12.0. The van der Waals surface area contributed by atoms with Gasteiger partial charge in [0.25, 0.3) is 0 Å². The van der Waals surface area contributed by atoms with Gasteiger partial charge in [-0.3, -0.25) is 0 Å². The van der Waals surface area contributed by atoms with Crippen molar-refractivity contribution in [3.8, 4) is 0 Å². The van der Waals surface area contributed by atoms with Crippen LogP contribution in [0.1, 0.15) is 19.3 Å². The zero-order chi connectivity index (χ0) is 13.0. The smallest absolute Gasteiger partial charge is 0.240 e. The summed E-state index contributed by atoms with van der Waals surface area (Å²) in [6.45, 7) is 1.63. The Morgan fingerprint density at radius 2 is 2.06 bits per heavy atom. The number of rotatable bonds is 5. The molecule has 5 heteroatoms. The third kappa shape index (κ3) is 3.31. The molecular weight excluding hydrogens is 248 g/mol. The Bertz CT molecular complexity index is 473. The van der Waals surface area contributed by atoms with Crippen LogP contribution < -0.4 is 4.72 Å². The van der Waals surface area contributed by atoms with Gasteiger partial charge in [0, 0.05) is 12.6 Å². The average molecular weight is 268 g/mol. The Kier molecular flexibility index (Phi) is 4.37. The van der Waals surface area contributed by atoms with Gasteiger partial charge >= 0.3 is 0 Å². The van der Waals surface area contributed by atoms with Crippen molar-refractivity contribution in [1.29, 1.82) is 0 Å². The second-order valence-electron chi connectivity index (χ2n) is 4.78. The highest BCUT2D eigenvalue weighted by molar-refractivity contribution is 7.89. The highest BCUT2D eigenvalue weighted by Crippen LogP contribution is 2.17. The van der Waals surface area contributed by atoms with Crippen molar-refractivity contribution in [2.45, 2.75) is 30.2 Å². The summed E-state index contributed by atoms with van der Waals surface area (Å²) < 4.78 is 26.6. The summed E-state index contributed by atoms with van der Waals surface area (Å²) >= 11 is 0. The molecule has 0 bridgehead atoms. The molecule has 1 aromatic carbocycles. The summed E-state index contributed by atoms with van der Waals surface area (Å²) in [5.74, 6) is 0. The highest BCUT2D eigenvalue weighted by Gasteiger charge is 2.21. The van der Waals surface area contributed by atoms with Gasteiger partial charge in [0.15, 0.2) is 0 Å². The molecule has 0 spiro atoms. The third-order valence-corrected chi connectivity index (χ3v) is 4.97. The molecule has 1 atom stereocenters. The fraction of sp³-hybridized carbons (Fsp3) is 0.538. The lowest BCUT2D eigenvalue weighted by Crippen LogP contribution is -2.31. The minimum atomic E-state index is -3.34.